The Balaban J connectivity index is 0.00000364. The largest absolute Gasteiger partial charge is 1.00 e. The number of carboxylic acids is 1. The van der Waals surface area contributed by atoms with Gasteiger partial charge in [0.05, 0.1) is 11.5 Å². The Morgan fingerprint density at radius 2 is 1.85 bits per heavy atom. The van der Waals surface area contributed by atoms with Gasteiger partial charge in [0.1, 0.15) is 5.82 Å². The molecule has 2 rings (SSSR count). The zero-order valence-electron chi connectivity index (χ0n) is 16.1. The first kappa shape index (κ1) is 23.4. The minimum atomic E-state index is -1.09. The fourth-order valence-corrected chi connectivity index (χ4v) is 3.03. The summed E-state index contributed by atoms with van der Waals surface area (Å²) in [4.78, 5) is 34.9. The number of carbonyl (C=O) groups excluding carboxylic acids is 2. The molecule has 138 valence electrons. The molecule has 1 amide bonds. The number of carboxylic acid groups (broad SMARTS) is 1. The summed E-state index contributed by atoms with van der Waals surface area (Å²) in [7, 11) is 0. The second-order valence-corrected chi connectivity index (χ2v) is 6.90. The molecule has 0 bridgehead atoms. The number of hydrogen-bond donors (Lipinski definition) is 2. The van der Waals surface area contributed by atoms with E-state index in [2.05, 4.69) is 5.32 Å². The molecule has 27 heavy (non-hydrogen) atoms. The fourth-order valence-electron chi connectivity index (χ4n) is 2.32. The third-order valence-electron chi connectivity index (χ3n) is 3.63. The molecular weight excluding hydrogens is 380 g/mol. The van der Waals surface area contributed by atoms with Gasteiger partial charge >= 0.3 is 35.5 Å². The van der Waals surface area contributed by atoms with E-state index in [0.29, 0.717) is 12.1 Å². The minimum Gasteiger partial charge on any atom is -1.00 e. The van der Waals surface area contributed by atoms with Crippen molar-refractivity contribution in [2.45, 2.75) is 13.3 Å². The van der Waals surface area contributed by atoms with Crippen molar-refractivity contribution in [3.8, 4) is 0 Å². The van der Waals surface area contributed by atoms with Crippen molar-refractivity contribution in [1.29, 1.82) is 0 Å². The molecule has 0 aromatic heterocycles. The molecule has 0 heterocycles. The number of thioether (sulfide) groups is 1. The number of anilines is 1. The summed E-state index contributed by atoms with van der Waals surface area (Å²) in [6.07, 6.45) is 0.338. The topological polar surface area (TPSA) is 83.5 Å². The van der Waals surface area contributed by atoms with Crippen LogP contribution in [0, 0.1) is 11.7 Å². The van der Waals surface area contributed by atoms with Gasteiger partial charge in [-0.05, 0) is 42.3 Å². The van der Waals surface area contributed by atoms with Gasteiger partial charge in [0.25, 0.3) is 0 Å². The van der Waals surface area contributed by atoms with Gasteiger partial charge in [0.15, 0.2) is 5.12 Å². The molecule has 0 aliphatic carbocycles. The van der Waals surface area contributed by atoms with Crippen LogP contribution in [0.4, 0.5) is 10.1 Å². The second-order valence-electron chi connectivity index (χ2n) is 5.71. The smallest absolute Gasteiger partial charge is 1.00 e. The Bertz CT molecular complexity index is 820. The molecule has 0 radical (unpaired) electrons. The Hall–Kier alpha value is -1.67. The van der Waals surface area contributed by atoms with Gasteiger partial charge in [-0.3, -0.25) is 9.59 Å². The van der Waals surface area contributed by atoms with Gasteiger partial charge in [0, 0.05) is 18.4 Å². The van der Waals surface area contributed by atoms with Crippen molar-refractivity contribution in [2.24, 2.45) is 5.92 Å². The molecule has 2 aromatic rings. The van der Waals surface area contributed by atoms with Crippen LogP contribution in [0.15, 0.2) is 48.5 Å². The average molecular weight is 399 g/mol. The van der Waals surface area contributed by atoms with Crippen molar-refractivity contribution >= 4 is 34.4 Å². The summed E-state index contributed by atoms with van der Waals surface area (Å²) in [6.45, 7) is 1.42. The van der Waals surface area contributed by atoms with Crippen LogP contribution in [0.3, 0.4) is 0 Å². The molecule has 0 saturated heterocycles. The van der Waals surface area contributed by atoms with E-state index in [1.807, 2.05) is 0 Å². The molecule has 5 nitrogen and oxygen atoms in total. The number of amides is 1. The predicted molar refractivity (Wildman–Crippen MR) is 99.9 cm³/mol. The number of halogens is 1. The summed E-state index contributed by atoms with van der Waals surface area (Å²) in [5.74, 6) is -2.03. The standard InChI is InChI=1S/C19H18FNO4S.Na.H/c1-12(22)26-11-15(9-13-5-7-16(20)8-6-13)18(23)21-17-4-2-3-14(10-17)19(24)25;;/h2-8,10,15H,9,11H2,1H3,(H,21,23)(H,24,25);;/q;+1;-1. The van der Waals surface area contributed by atoms with Crippen molar-refractivity contribution in [2.75, 3.05) is 11.1 Å². The normalized spacial score (nSPS) is 11.2. The summed E-state index contributed by atoms with van der Waals surface area (Å²) < 4.78 is 13.1. The Morgan fingerprint density at radius 1 is 1.19 bits per heavy atom. The molecule has 0 fully saturated rings. The van der Waals surface area contributed by atoms with Crippen LogP contribution in [0.1, 0.15) is 24.3 Å². The number of hydrogen-bond acceptors (Lipinski definition) is 4. The van der Waals surface area contributed by atoms with Crippen LogP contribution >= 0.6 is 11.8 Å². The Morgan fingerprint density at radius 3 is 2.44 bits per heavy atom. The van der Waals surface area contributed by atoms with Gasteiger partial charge < -0.3 is 11.8 Å². The maximum Gasteiger partial charge on any atom is 1.00 e. The zero-order valence-corrected chi connectivity index (χ0v) is 17.9. The van der Waals surface area contributed by atoms with Crippen molar-refractivity contribution < 1.29 is 54.9 Å². The molecule has 0 spiro atoms. The van der Waals surface area contributed by atoms with Crippen LogP contribution in [0.5, 0.6) is 0 Å². The SMILES string of the molecule is CC(=O)SCC(Cc1ccc(F)cc1)C(=O)Nc1cccc(C(=O)O)c1.[H-].[Na+]. The van der Waals surface area contributed by atoms with Crippen LogP contribution in [0.25, 0.3) is 0 Å². The van der Waals surface area contributed by atoms with E-state index in [1.165, 1.54) is 31.2 Å². The second kappa shape index (κ2) is 11.2. The van der Waals surface area contributed by atoms with Crippen LogP contribution in [-0.2, 0) is 16.0 Å². The van der Waals surface area contributed by atoms with E-state index in [4.69, 9.17) is 5.11 Å². The number of carbonyl (C=O) groups is 3. The van der Waals surface area contributed by atoms with Crippen molar-refractivity contribution in [3.05, 3.63) is 65.5 Å². The maximum absolute atomic E-state index is 13.1. The minimum absolute atomic E-state index is 0. The number of nitrogens with one attached hydrogen (secondary N) is 1. The molecule has 0 saturated carbocycles. The van der Waals surface area contributed by atoms with E-state index < -0.39 is 11.9 Å². The third-order valence-corrected chi connectivity index (χ3v) is 4.61. The summed E-state index contributed by atoms with van der Waals surface area (Å²) >= 11 is 1.04. The maximum atomic E-state index is 13.1. The number of rotatable bonds is 7. The summed E-state index contributed by atoms with van der Waals surface area (Å²) in [5, 5.41) is 11.6. The molecule has 2 aromatic carbocycles. The van der Waals surface area contributed by atoms with Crippen LogP contribution in [-0.4, -0.2) is 27.9 Å². The van der Waals surface area contributed by atoms with E-state index in [9.17, 15) is 18.8 Å². The van der Waals surface area contributed by atoms with Crippen LogP contribution in [0.2, 0.25) is 0 Å². The number of benzene rings is 2. The van der Waals surface area contributed by atoms with E-state index in [1.54, 1.807) is 24.3 Å². The molecule has 0 aliphatic rings. The third kappa shape index (κ3) is 7.84. The number of aromatic carboxylic acids is 1. The molecule has 0 aliphatic heterocycles. The Labute approximate surface area is 184 Å². The average Bonchev–Trinajstić information content (AvgIpc) is 2.60. The fraction of sp³-hybridized carbons (Fsp3) is 0.211. The molecule has 1 unspecified atom stereocenters. The predicted octanol–water partition coefficient (Wildman–Crippen LogP) is 0.717. The van der Waals surface area contributed by atoms with E-state index in [0.717, 1.165) is 17.3 Å². The van der Waals surface area contributed by atoms with Crippen molar-refractivity contribution in [1.82, 2.24) is 0 Å². The zero-order chi connectivity index (χ0) is 19.1. The quantitative estimate of drug-likeness (QED) is 0.671. The summed E-state index contributed by atoms with van der Waals surface area (Å²) in [6, 6.07) is 11.8. The van der Waals surface area contributed by atoms with Crippen LogP contribution < -0.4 is 34.9 Å². The molecule has 8 heteroatoms. The first-order valence-electron chi connectivity index (χ1n) is 7.87. The molecular formula is C19H19FNNaO4S. The van der Waals surface area contributed by atoms with Crippen molar-refractivity contribution in [3.63, 3.8) is 0 Å². The van der Waals surface area contributed by atoms with E-state index >= 15 is 0 Å². The van der Waals surface area contributed by atoms with Gasteiger partial charge in [0.2, 0.25) is 5.91 Å². The van der Waals surface area contributed by atoms with Gasteiger partial charge in [-0.1, -0.05) is 30.0 Å². The van der Waals surface area contributed by atoms with Gasteiger partial charge in [-0.2, -0.15) is 0 Å². The van der Waals surface area contributed by atoms with E-state index in [-0.39, 0.29) is 59.1 Å². The monoisotopic (exact) mass is 399 g/mol. The molecule has 2 N–H and O–H groups in total. The Kier molecular flexibility index (Phi) is 9.73. The van der Waals surface area contributed by atoms with Gasteiger partial charge in [-0.15, -0.1) is 0 Å². The molecule has 1 atom stereocenters. The van der Waals surface area contributed by atoms with Gasteiger partial charge in [-0.25, -0.2) is 9.18 Å². The summed E-state index contributed by atoms with van der Waals surface area (Å²) in [5.41, 5.74) is 1.21. The first-order valence-corrected chi connectivity index (χ1v) is 8.85. The first-order chi connectivity index (χ1) is 12.3.